The van der Waals surface area contributed by atoms with Gasteiger partial charge in [-0.15, -0.1) is 10.2 Å². The van der Waals surface area contributed by atoms with E-state index in [0.29, 0.717) is 12.1 Å². The van der Waals surface area contributed by atoms with Crippen molar-refractivity contribution in [1.29, 1.82) is 0 Å². The van der Waals surface area contributed by atoms with E-state index in [-0.39, 0.29) is 43.9 Å². The Morgan fingerprint density at radius 3 is 2.48 bits per heavy atom. The molecular formula is C17H15F6N5O. The van der Waals surface area contributed by atoms with Crippen molar-refractivity contribution in [3.05, 3.63) is 46.8 Å². The molecule has 1 aliphatic heterocycles. The number of amides is 1. The van der Waals surface area contributed by atoms with E-state index in [9.17, 15) is 31.1 Å². The zero-order valence-corrected chi connectivity index (χ0v) is 14.9. The number of carbonyl (C=O) groups excluding carboxylic acids is 1. The molecule has 0 saturated heterocycles. The van der Waals surface area contributed by atoms with Gasteiger partial charge < -0.3 is 9.47 Å². The molecule has 2 heterocycles. The molecule has 12 heteroatoms. The summed E-state index contributed by atoms with van der Waals surface area (Å²) in [7, 11) is 0. The maximum atomic E-state index is 13.8. The molecule has 1 aromatic carbocycles. The van der Waals surface area contributed by atoms with Crippen LogP contribution in [0.15, 0.2) is 17.1 Å². The number of aliphatic imine (C=N–C) groups is 1. The van der Waals surface area contributed by atoms with Gasteiger partial charge in [0.05, 0.1) is 12.6 Å². The van der Waals surface area contributed by atoms with Gasteiger partial charge in [0.2, 0.25) is 11.7 Å². The van der Waals surface area contributed by atoms with Crippen molar-refractivity contribution in [1.82, 2.24) is 19.7 Å². The SMILES string of the molecule is C=N[C@@H](CC(=O)N1CCn2c(nnc2C(F)(F)F)C1)Cc1cc(F)c(F)cc1F. The third-order valence-electron chi connectivity index (χ3n) is 4.57. The highest BCUT2D eigenvalue weighted by Crippen LogP contribution is 2.29. The van der Waals surface area contributed by atoms with Crippen molar-refractivity contribution >= 4 is 12.6 Å². The Morgan fingerprint density at radius 2 is 1.83 bits per heavy atom. The lowest BCUT2D eigenvalue weighted by Crippen LogP contribution is -2.40. The summed E-state index contributed by atoms with van der Waals surface area (Å²) >= 11 is 0. The second kappa shape index (κ2) is 7.84. The molecule has 0 fully saturated rings. The molecule has 0 saturated carbocycles. The molecule has 2 aromatic rings. The second-order valence-corrected chi connectivity index (χ2v) is 6.51. The summed E-state index contributed by atoms with van der Waals surface area (Å²) in [5.74, 6) is -5.14. The Morgan fingerprint density at radius 1 is 1.14 bits per heavy atom. The molecule has 0 bridgehead atoms. The molecule has 3 rings (SSSR count). The molecular weight excluding hydrogens is 404 g/mol. The van der Waals surface area contributed by atoms with Gasteiger partial charge in [-0.25, -0.2) is 13.2 Å². The lowest BCUT2D eigenvalue weighted by molar-refractivity contribution is -0.148. The van der Waals surface area contributed by atoms with Crippen LogP contribution in [0.4, 0.5) is 26.3 Å². The average molecular weight is 419 g/mol. The minimum absolute atomic E-state index is 0.00362. The van der Waals surface area contributed by atoms with Gasteiger partial charge in [0.15, 0.2) is 17.5 Å². The van der Waals surface area contributed by atoms with E-state index < -0.39 is 41.4 Å². The number of hydrogen-bond donors (Lipinski definition) is 0. The number of aromatic nitrogens is 3. The van der Waals surface area contributed by atoms with Crippen LogP contribution in [0, 0.1) is 17.5 Å². The highest BCUT2D eigenvalue weighted by Gasteiger charge is 2.40. The third-order valence-corrected chi connectivity index (χ3v) is 4.57. The third kappa shape index (κ3) is 4.40. The fourth-order valence-corrected chi connectivity index (χ4v) is 3.09. The summed E-state index contributed by atoms with van der Waals surface area (Å²) in [4.78, 5) is 17.5. The molecule has 0 spiro atoms. The zero-order valence-electron chi connectivity index (χ0n) is 14.9. The van der Waals surface area contributed by atoms with Crippen LogP contribution in [0.3, 0.4) is 0 Å². The second-order valence-electron chi connectivity index (χ2n) is 6.51. The van der Waals surface area contributed by atoms with Crippen LogP contribution in [-0.4, -0.2) is 44.9 Å². The largest absolute Gasteiger partial charge is 0.451 e. The van der Waals surface area contributed by atoms with E-state index in [1.165, 1.54) is 4.90 Å². The lowest BCUT2D eigenvalue weighted by Gasteiger charge is -2.29. The number of fused-ring (bicyclic) bond motifs is 1. The zero-order chi connectivity index (χ0) is 21.3. The summed E-state index contributed by atoms with van der Waals surface area (Å²) in [6.45, 7) is 3.02. The normalized spacial score (nSPS) is 15.2. The first-order valence-electron chi connectivity index (χ1n) is 8.46. The van der Waals surface area contributed by atoms with Gasteiger partial charge in [-0.2, -0.15) is 13.2 Å². The van der Waals surface area contributed by atoms with Crippen molar-refractivity contribution in [3.63, 3.8) is 0 Å². The molecule has 156 valence electrons. The highest BCUT2D eigenvalue weighted by atomic mass is 19.4. The summed E-state index contributed by atoms with van der Waals surface area (Å²) < 4.78 is 79.7. The first-order valence-corrected chi connectivity index (χ1v) is 8.46. The molecule has 0 aliphatic carbocycles. The fraction of sp³-hybridized carbons (Fsp3) is 0.412. The Bertz CT molecular complexity index is 941. The summed E-state index contributed by atoms with van der Waals surface area (Å²) in [5, 5.41) is 6.62. The van der Waals surface area contributed by atoms with E-state index in [4.69, 9.17) is 0 Å². The van der Waals surface area contributed by atoms with Crippen LogP contribution in [0.25, 0.3) is 0 Å². The van der Waals surface area contributed by atoms with Crippen molar-refractivity contribution < 1.29 is 31.1 Å². The smallest absolute Gasteiger partial charge is 0.333 e. The Balaban J connectivity index is 1.67. The number of halogens is 6. The van der Waals surface area contributed by atoms with Crippen molar-refractivity contribution in [3.8, 4) is 0 Å². The topological polar surface area (TPSA) is 63.4 Å². The van der Waals surface area contributed by atoms with Crippen LogP contribution < -0.4 is 0 Å². The molecule has 29 heavy (non-hydrogen) atoms. The monoisotopic (exact) mass is 419 g/mol. The van der Waals surface area contributed by atoms with Crippen LogP contribution in [0.1, 0.15) is 23.6 Å². The fourth-order valence-electron chi connectivity index (χ4n) is 3.09. The summed E-state index contributed by atoms with van der Waals surface area (Å²) in [6, 6.07) is 0.268. The van der Waals surface area contributed by atoms with Gasteiger partial charge in [-0.3, -0.25) is 9.79 Å². The summed E-state index contributed by atoms with van der Waals surface area (Å²) in [5.41, 5.74) is -0.165. The molecule has 0 unspecified atom stereocenters. The Labute approximate surface area is 160 Å². The van der Waals surface area contributed by atoms with E-state index in [0.717, 1.165) is 4.57 Å². The minimum atomic E-state index is -4.65. The molecule has 1 aromatic heterocycles. The Hall–Kier alpha value is -2.92. The molecule has 1 aliphatic rings. The van der Waals surface area contributed by atoms with Crippen LogP contribution >= 0.6 is 0 Å². The molecule has 1 amide bonds. The predicted octanol–water partition coefficient (Wildman–Crippen LogP) is 2.76. The number of benzene rings is 1. The van der Waals surface area contributed by atoms with Gasteiger partial charge in [0, 0.05) is 25.6 Å². The number of hydrogen-bond acceptors (Lipinski definition) is 4. The van der Waals surface area contributed by atoms with E-state index in [1.54, 1.807) is 0 Å². The van der Waals surface area contributed by atoms with E-state index >= 15 is 0 Å². The first-order chi connectivity index (χ1) is 13.6. The highest BCUT2D eigenvalue weighted by molar-refractivity contribution is 5.77. The van der Waals surface area contributed by atoms with Crippen molar-refractivity contribution in [2.75, 3.05) is 6.54 Å². The standard InChI is InChI=1S/C17H15F6N5O/c1-24-10(4-9-5-12(19)13(20)7-11(9)18)6-15(29)27-2-3-28-14(8-27)25-26-16(28)17(21,22)23/h5,7,10H,1-4,6,8H2/t10-/m1/s1. The van der Waals surface area contributed by atoms with E-state index in [2.05, 4.69) is 21.9 Å². The van der Waals surface area contributed by atoms with E-state index in [1.807, 2.05) is 0 Å². The Kier molecular flexibility index (Phi) is 5.62. The van der Waals surface area contributed by atoms with Crippen LogP contribution in [-0.2, 0) is 30.5 Å². The molecule has 0 N–H and O–H groups in total. The molecule has 6 nitrogen and oxygen atoms in total. The summed E-state index contributed by atoms with van der Waals surface area (Å²) in [6.07, 6.45) is -5.08. The van der Waals surface area contributed by atoms with Gasteiger partial charge >= 0.3 is 6.18 Å². The van der Waals surface area contributed by atoms with Gasteiger partial charge in [-0.1, -0.05) is 0 Å². The quantitative estimate of drug-likeness (QED) is 0.425. The van der Waals surface area contributed by atoms with Crippen LogP contribution in [0.5, 0.6) is 0 Å². The first kappa shape index (κ1) is 20.8. The number of rotatable bonds is 5. The van der Waals surface area contributed by atoms with Crippen molar-refractivity contribution in [2.45, 2.75) is 38.1 Å². The van der Waals surface area contributed by atoms with Gasteiger partial charge in [0.1, 0.15) is 5.82 Å². The minimum Gasteiger partial charge on any atom is -0.333 e. The van der Waals surface area contributed by atoms with Gasteiger partial charge in [-0.05, 0) is 24.8 Å². The number of carbonyl (C=O) groups is 1. The molecule has 0 radical (unpaired) electrons. The number of alkyl halides is 3. The maximum absolute atomic E-state index is 13.8. The lowest BCUT2D eigenvalue weighted by atomic mass is 10.0. The van der Waals surface area contributed by atoms with Crippen LogP contribution in [0.2, 0.25) is 0 Å². The number of nitrogens with zero attached hydrogens (tertiary/aromatic N) is 5. The maximum Gasteiger partial charge on any atom is 0.451 e. The predicted molar refractivity (Wildman–Crippen MR) is 88.4 cm³/mol. The van der Waals surface area contributed by atoms with Gasteiger partial charge in [0.25, 0.3) is 0 Å². The van der Waals surface area contributed by atoms with Crippen molar-refractivity contribution in [2.24, 2.45) is 4.99 Å². The average Bonchev–Trinajstić information content (AvgIpc) is 3.08. The molecule has 1 atom stereocenters.